The zero-order valence-electron chi connectivity index (χ0n) is 13.2. The predicted molar refractivity (Wildman–Crippen MR) is 101 cm³/mol. The number of rotatable bonds is 5. The summed E-state index contributed by atoms with van der Waals surface area (Å²) in [7, 11) is 1.62. The fraction of sp³-hybridized carbons (Fsp3) is 0.0556. The molecule has 0 unspecified atom stereocenters. The summed E-state index contributed by atoms with van der Waals surface area (Å²) in [6.45, 7) is 0. The van der Waals surface area contributed by atoms with E-state index in [2.05, 4.69) is 21.6 Å². The number of hydrogen-bond acceptors (Lipinski definition) is 6. The largest absolute Gasteiger partial charge is 0.497 e. The lowest BCUT2D eigenvalue weighted by Crippen LogP contribution is -2.01. The zero-order chi connectivity index (χ0) is 17.6. The van der Waals surface area contributed by atoms with Crippen molar-refractivity contribution in [2.75, 3.05) is 12.5 Å². The van der Waals surface area contributed by atoms with Gasteiger partial charge in [-0.25, -0.2) is 4.98 Å². The summed E-state index contributed by atoms with van der Waals surface area (Å²) in [6.07, 6.45) is 0. The lowest BCUT2D eigenvalue weighted by Gasteiger charge is -2.01. The minimum absolute atomic E-state index is 0.217. The molecule has 1 aromatic heterocycles. The molecule has 0 aliphatic rings. The molecule has 25 heavy (non-hydrogen) atoms. The highest BCUT2D eigenvalue weighted by Gasteiger charge is 2.11. The number of hydrazone groups is 1. The van der Waals surface area contributed by atoms with Gasteiger partial charge in [-0.1, -0.05) is 23.7 Å². The van der Waals surface area contributed by atoms with Crippen molar-refractivity contribution in [3.8, 4) is 23.1 Å². The smallest absolute Gasteiger partial charge is 0.196 e. The average Bonchev–Trinajstić information content (AvgIpc) is 3.14. The second-order valence-electron chi connectivity index (χ2n) is 4.96. The van der Waals surface area contributed by atoms with Gasteiger partial charge in [0.2, 0.25) is 0 Å². The van der Waals surface area contributed by atoms with Crippen molar-refractivity contribution in [1.29, 1.82) is 5.26 Å². The van der Waals surface area contributed by atoms with Crippen LogP contribution in [0.3, 0.4) is 0 Å². The Morgan fingerprint density at radius 3 is 2.80 bits per heavy atom. The van der Waals surface area contributed by atoms with Crippen LogP contribution in [0, 0.1) is 11.3 Å². The summed E-state index contributed by atoms with van der Waals surface area (Å²) in [5.74, 6) is 0.755. The van der Waals surface area contributed by atoms with Gasteiger partial charge in [0.15, 0.2) is 10.7 Å². The minimum atomic E-state index is 0.217. The van der Waals surface area contributed by atoms with E-state index in [1.54, 1.807) is 31.4 Å². The Hall–Kier alpha value is -2.88. The van der Waals surface area contributed by atoms with E-state index in [4.69, 9.17) is 16.3 Å². The first kappa shape index (κ1) is 17.0. The van der Waals surface area contributed by atoms with Crippen LogP contribution in [-0.2, 0) is 0 Å². The topological polar surface area (TPSA) is 70.3 Å². The molecule has 0 fully saturated rings. The number of ether oxygens (including phenoxy) is 1. The van der Waals surface area contributed by atoms with Crippen LogP contribution in [0.15, 0.2) is 59.0 Å². The van der Waals surface area contributed by atoms with Gasteiger partial charge in [-0.05, 0) is 36.4 Å². The Labute approximate surface area is 154 Å². The molecule has 7 heteroatoms. The second-order valence-corrected chi connectivity index (χ2v) is 6.26. The SMILES string of the molecule is COc1cccc(-c2csc(/C(C#N)=N\Nc3ccc(Cl)cc3)n2)c1. The van der Waals surface area contributed by atoms with Crippen molar-refractivity contribution >= 4 is 34.3 Å². The van der Waals surface area contributed by atoms with Gasteiger partial charge in [0.25, 0.3) is 0 Å². The van der Waals surface area contributed by atoms with Crippen LogP contribution in [0.5, 0.6) is 5.75 Å². The average molecular weight is 369 g/mol. The fourth-order valence-corrected chi connectivity index (χ4v) is 2.96. The molecule has 3 rings (SSSR count). The quantitative estimate of drug-likeness (QED) is 0.518. The van der Waals surface area contributed by atoms with Crippen LogP contribution in [0.4, 0.5) is 5.69 Å². The third-order valence-electron chi connectivity index (χ3n) is 3.32. The maximum Gasteiger partial charge on any atom is 0.196 e. The lowest BCUT2D eigenvalue weighted by molar-refractivity contribution is 0.415. The number of nitriles is 1. The van der Waals surface area contributed by atoms with Crippen LogP contribution in [0.2, 0.25) is 5.02 Å². The molecule has 3 aromatic rings. The van der Waals surface area contributed by atoms with Gasteiger partial charge in [-0.3, -0.25) is 5.43 Å². The molecule has 0 spiro atoms. The van der Waals surface area contributed by atoms with Crippen molar-refractivity contribution in [3.63, 3.8) is 0 Å². The Morgan fingerprint density at radius 1 is 1.28 bits per heavy atom. The first-order valence-electron chi connectivity index (χ1n) is 7.29. The molecule has 0 radical (unpaired) electrons. The molecule has 0 saturated heterocycles. The number of nitrogens with one attached hydrogen (secondary N) is 1. The Morgan fingerprint density at radius 2 is 2.08 bits per heavy atom. The maximum absolute atomic E-state index is 9.37. The van der Waals surface area contributed by atoms with Gasteiger partial charge in [0, 0.05) is 16.0 Å². The molecular weight excluding hydrogens is 356 g/mol. The number of aromatic nitrogens is 1. The molecule has 5 nitrogen and oxygen atoms in total. The van der Waals surface area contributed by atoms with E-state index >= 15 is 0 Å². The molecule has 0 bridgehead atoms. The second kappa shape index (κ2) is 7.79. The number of hydrogen-bond donors (Lipinski definition) is 1. The van der Waals surface area contributed by atoms with E-state index in [-0.39, 0.29) is 5.71 Å². The summed E-state index contributed by atoms with van der Waals surface area (Å²) < 4.78 is 5.23. The molecule has 0 atom stereocenters. The Kier molecular flexibility index (Phi) is 5.29. The molecule has 2 aromatic carbocycles. The molecule has 0 aliphatic heterocycles. The fourth-order valence-electron chi connectivity index (χ4n) is 2.06. The molecule has 0 aliphatic carbocycles. The molecule has 124 valence electrons. The van der Waals surface area contributed by atoms with Gasteiger partial charge in [0.1, 0.15) is 11.8 Å². The van der Waals surface area contributed by atoms with Crippen LogP contribution < -0.4 is 10.2 Å². The summed E-state index contributed by atoms with van der Waals surface area (Å²) in [4.78, 5) is 4.50. The normalized spacial score (nSPS) is 11.0. The molecule has 0 amide bonds. The predicted octanol–water partition coefficient (Wildman–Crippen LogP) is 4.81. The van der Waals surface area contributed by atoms with Gasteiger partial charge in [-0.2, -0.15) is 10.4 Å². The summed E-state index contributed by atoms with van der Waals surface area (Å²) in [5.41, 5.74) is 5.49. The molecular formula is C18H13ClN4OS. The van der Waals surface area contributed by atoms with Gasteiger partial charge < -0.3 is 4.74 Å². The first-order valence-corrected chi connectivity index (χ1v) is 8.55. The van der Waals surface area contributed by atoms with E-state index in [0.29, 0.717) is 10.0 Å². The van der Waals surface area contributed by atoms with Gasteiger partial charge in [0.05, 0.1) is 18.5 Å². The number of nitrogens with zero attached hydrogens (tertiary/aromatic N) is 3. The monoisotopic (exact) mass is 368 g/mol. The number of methoxy groups -OCH3 is 1. The number of anilines is 1. The first-order chi connectivity index (χ1) is 12.2. The van der Waals surface area contributed by atoms with Crippen molar-refractivity contribution in [3.05, 3.63) is 63.9 Å². The summed E-state index contributed by atoms with van der Waals surface area (Å²) in [6, 6.07) is 16.7. The van der Waals surface area contributed by atoms with E-state index in [1.807, 2.05) is 29.6 Å². The number of halogens is 1. The lowest BCUT2D eigenvalue weighted by atomic mass is 10.2. The standard InChI is InChI=1S/C18H13ClN4OS/c1-24-15-4-2-3-12(9-15)17-11-25-18(21-17)16(10-20)23-22-14-7-5-13(19)6-8-14/h2-9,11,22H,1H3/b23-16-. The maximum atomic E-state index is 9.37. The Bertz CT molecular complexity index is 944. The van der Waals surface area contributed by atoms with E-state index in [1.165, 1.54) is 11.3 Å². The molecule has 1 N–H and O–H groups in total. The van der Waals surface area contributed by atoms with Crippen LogP contribution >= 0.6 is 22.9 Å². The van der Waals surface area contributed by atoms with E-state index in [9.17, 15) is 5.26 Å². The minimum Gasteiger partial charge on any atom is -0.497 e. The number of thiazole rings is 1. The highest BCUT2D eigenvalue weighted by atomic mass is 35.5. The third-order valence-corrected chi connectivity index (χ3v) is 4.42. The molecule has 1 heterocycles. The van der Waals surface area contributed by atoms with Crippen molar-refractivity contribution in [1.82, 2.24) is 4.98 Å². The van der Waals surface area contributed by atoms with Crippen molar-refractivity contribution in [2.24, 2.45) is 5.10 Å². The summed E-state index contributed by atoms with van der Waals surface area (Å²) >= 11 is 7.21. The zero-order valence-corrected chi connectivity index (χ0v) is 14.8. The van der Waals surface area contributed by atoms with Crippen LogP contribution in [0.1, 0.15) is 5.01 Å². The van der Waals surface area contributed by atoms with Gasteiger partial charge in [-0.15, -0.1) is 11.3 Å². The Balaban J connectivity index is 1.82. The van der Waals surface area contributed by atoms with Crippen molar-refractivity contribution in [2.45, 2.75) is 0 Å². The van der Waals surface area contributed by atoms with E-state index < -0.39 is 0 Å². The van der Waals surface area contributed by atoms with E-state index in [0.717, 1.165) is 22.7 Å². The highest BCUT2D eigenvalue weighted by molar-refractivity contribution is 7.12. The molecule has 0 saturated carbocycles. The van der Waals surface area contributed by atoms with Crippen LogP contribution in [-0.4, -0.2) is 17.8 Å². The highest BCUT2D eigenvalue weighted by Crippen LogP contribution is 2.25. The van der Waals surface area contributed by atoms with Crippen LogP contribution in [0.25, 0.3) is 11.3 Å². The number of benzene rings is 2. The summed E-state index contributed by atoms with van der Waals surface area (Å²) in [5, 5.41) is 16.6. The third kappa shape index (κ3) is 4.15. The van der Waals surface area contributed by atoms with Gasteiger partial charge >= 0.3 is 0 Å². The van der Waals surface area contributed by atoms with Crippen molar-refractivity contribution < 1.29 is 4.74 Å².